The molecule has 0 atom stereocenters. The molecule has 0 aromatic heterocycles. The Balaban J connectivity index is 1.80. The fourth-order valence-electron chi connectivity index (χ4n) is 3.81. The molecule has 0 aliphatic carbocycles. The predicted molar refractivity (Wildman–Crippen MR) is 130 cm³/mol. The Hall–Kier alpha value is -4.06. The molecule has 1 heterocycles. The lowest BCUT2D eigenvalue weighted by Crippen LogP contribution is -2.32. The monoisotopic (exact) mass is 442 g/mol. The number of hydrogen-bond acceptors (Lipinski definition) is 5. The average molecular weight is 443 g/mol. The lowest BCUT2D eigenvalue weighted by Gasteiger charge is -2.17. The third-order valence-corrected chi connectivity index (χ3v) is 5.63. The van der Waals surface area contributed by atoms with Crippen LogP contribution in [-0.2, 0) is 9.59 Å². The molecule has 3 aromatic rings. The summed E-state index contributed by atoms with van der Waals surface area (Å²) in [6, 6.07) is 21.9. The van der Waals surface area contributed by atoms with Crippen LogP contribution in [0.1, 0.15) is 30.9 Å². The van der Waals surface area contributed by atoms with E-state index in [4.69, 9.17) is 9.47 Å². The molecule has 6 nitrogen and oxygen atoms in total. The summed E-state index contributed by atoms with van der Waals surface area (Å²) in [7, 11) is 3.11. The van der Waals surface area contributed by atoms with Crippen molar-refractivity contribution >= 4 is 28.8 Å². The summed E-state index contributed by atoms with van der Waals surface area (Å²) in [6.45, 7) is 4.19. The van der Waals surface area contributed by atoms with Crippen LogP contribution in [0.25, 0.3) is 5.57 Å². The Morgan fingerprint density at radius 3 is 2.12 bits per heavy atom. The van der Waals surface area contributed by atoms with Crippen molar-refractivity contribution in [1.82, 2.24) is 0 Å². The van der Waals surface area contributed by atoms with Crippen LogP contribution in [0.5, 0.6) is 11.5 Å². The van der Waals surface area contributed by atoms with Gasteiger partial charge in [0.25, 0.3) is 11.8 Å². The first-order valence-electron chi connectivity index (χ1n) is 10.7. The van der Waals surface area contributed by atoms with E-state index >= 15 is 0 Å². The first-order valence-corrected chi connectivity index (χ1v) is 10.7. The normalized spacial score (nSPS) is 13.7. The standard InChI is InChI=1S/C27H26N2O4/c1-17(2)18-10-12-20(13-11-18)29-26(30)24(19-8-6-5-7-9-19)25(27(29)31)28-22-16-21(32-3)14-15-23(22)33-4/h5-17,28H,1-4H3. The molecule has 168 valence electrons. The molecule has 6 heteroatoms. The summed E-state index contributed by atoms with van der Waals surface area (Å²) < 4.78 is 10.8. The second kappa shape index (κ2) is 9.20. The molecule has 1 aliphatic heterocycles. The van der Waals surface area contributed by atoms with E-state index in [1.54, 1.807) is 32.4 Å². The molecule has 0 unspecified atom stereocenters. The summed E-state index contributed by atoms with van der Waals surface area (Å²) in [4.78, 5) is 28.4. The average Bonchev–Trinajstić information content (AvgIpc) is 3.08. The van der Waals surface area contributed by atoms with E-state index in [0.29, 0.717) is 39.9 Å². The van der Waals surface area contributed by atoms with Crippen LogP contribution < -0.4 is 19.7 Å². The zero-order valence-electron chi connectivity index (χ0n) is 19.1. The fraction of sp³-hybridized carbons (Fsp3) is 0.185. The zero-order chi connectivity index (χ0) is 23.5. The molecular weight excluding hydrogens is 416 g/mol. The summed E-state index contributed by atoms with van der Waals surface area (Å²) in [5, 5.41) is 3.16. The van der Waals surface area contributed by atoms with Gasteiger partial charge in [-0.05, 0) is 41.3 Å². The molecule has 0 radical (unpaired) electrons. The van der Waals surface area contributed by atoms with Gasteiger partial charge in [0.2, 0.25) is 0 Å². The van der Waals surface area contributed by atoms with Gasteiger partial charge in [-0.25, -0.2) is 4.90 Å². The van der Waals surface area contributed by atoms with Crippen molar-refractivity contribution in [2.24, 2.45) is 0 Å². The SMILES string of the molecule is COc1ccc(OC)c(NC2=C(c3ccccc3)C(=O)N(c3ccc(C(C)C)cc3)C2=O)c1. The number of hydrogen-bond donors (Lipinski definition) is 1. The highest BCUT2D eigenvalue weighted by atomic mass is 16.5. The zero-order valence-corrected chi connectivity index (χ0v) is 19.1. The molecule has 0 bridgehead atoms. The van der Waals surface area contributed by atoms with E-state index in [-0.39, 0.29) is 11.6 Å². The Morgan fingerprint density at radius 1 is 0.818 bits per heavy atom. The van der Waals surface area contributed by atoms with Crippen LogP contribution >= 0.6 is 0 Å². The van der Waals surface area contributed by atoms with Crippen LogP contribution in [0, 0.1) is 0 Å². The minimum atomic E-state index is -0.430. The highest BCUT2D eigenvalue weighted by Crippen LogP contribution is 2.37. The van der Waals surface area contributed by atoms with Crippen LogP contribution in [-0.4, -0.2) is 26.0 Å². The Bertz CT molecular complexity index is 1210. The smallest absolute Gasteiger partial charge is 0.282 e. The van der Waals surface area contributed by atoms with Gasteiger partial charge in [0.1, 0.15) is 17.2 Å². The van der Waals surface area contributed by atoms with Crippen LogP contribution in [0.4, 0.5) is 11.4 Å². The highest BCUT2D eigenvalue weighted by Gasteiger charge is 2.40. The molecule has 0 saturated carbocycles. The lowest BCUT2D eigenvalue weighted by atomic mass is 10.0. The maximum absolute atomic E-state index is 13.6. The number of methoxy groups -OCH3 is 2. The van der Waals surface area contributed by atoms with Gasteiger partial charge in [-0.1, -0.05) is 56.3 Å². The molecule has 3 aromatic carbocycles. The maximum Gasteiger partial charge on any atom is 0.282 e. The quantitative estimate of drug-likeness (QED) is 0.508. The van der Waals surface area contributed by atoms with Gasteiger partial charge < -0.3 is 14.8 Å². The number of carbonyl (C=O) groups is 2. The minimum Gasteiger partial charge on any atom is -0.497 e. The van der Waals surface area contributed by atoms with Crippen molar-refractivity contribution in [2.45, 2.75) is 19.8 Å². The number of rotatable bonds is 7. The largest absolute Gasteiger partial charge is 0.497 e. The number of anilines is 2. The van der Waals surface area contributed by atoms with Crippen molar-refractivity contribution in [3.05, 3.63) is 89.6 Å². The van der Waals surface area contributed by atoms with E-state index in [0.717, 1.165) is 5.56 Å². The number of nitrogens with one attached hydrogen (secondary N) is 1. The molecule has 0 spiro atoms. The van der Waals surface area contributed by atoms with Crippen molar-refractivity contribution in [2.75, 3.05) is 24.4 Å². The Kier molecular flexibility index (Phi) is 6.18. The Morgan fingerprint density at radius 2 is 1.52 bits per heavy atom. The first-order chi connectivity index (χ1) is 15.9. The first kappa shape index (κ1) is 22.1. The topological polar surface area (TPSA) is 67.9 Å². The van der Waals surface area contributed by atoms with Gasteiger partial charge in [-0.15, -0.1) is 0 Å². The van der Waals surface area contributed by atoms with Gasteiger partial charge in [-0.3, -0.25) is 9.59 Å². The van der Waals surface area contributed by atoms with Crippen molar-refractivity contribution in [3.8, 4) is 11.5 Å². The van der Waals surface area contributed by atoms with Crippen molar-refractivity contribution in [1.29, 1.82) is 0 Å². The fourth-order valence-corrected chi connectivity index (χ4v) is 3.81. The lowest BCUT2D eigenvalue weighted by molar-refractivity contribution is -0.120. The Labute approximate surface area is 193 Å². The molecular formula is C27H26N2O4. The van der Waals surface area contributed by atoms with Gasteiger partial charge >= 0.3 is 0 Å². The van der Waals surface area contributed by atoms with E-state index < -0.39 is 5.91 Å². The predicted octanol–water partition coefficient (Wildman–Crippen LogP) is 5.22. The third-order valence-electron chi connectivity index (χ3n) is 5.63. The number of benzene rings is 3. The highest BCUT2D eigenvalue weighted by molar-refractivity contribution is 6.46. The molecule has 1 aliphatic rings. The van der Waals surface area contributed by atoms with Crippen LogP contribution in [0.2, 0.25) is 0 Å². The summed E-state index contributed by atoms with van der Waals surface area (Å²) >= 11 is 0. The maximum atomic E-state index is 13.6. The van der Waals surface area contributed by atoms with Gasteiger partial charge in [0.05, 0.1) is 31.2 Å². The molecule has 2 amide bonds. The number of imide groups is 1. The van der Waals surface area contributed by atoms with E-state index in [1.807, 2.05) is 54.6 Å². The second-order valence-electron chi connectivity index (χ2n) is 8.00. The number of carbonyl (C=O) groups excluding carboxylic acids is 2. The van der Waals surface area contributed by atoms with Crippen LogP contribution in [0.3, 0.4) is 0 Å². The van der Waals surface area contributed by atoms with Gasteiger partial charge in [-0.2, -0.15) is 0 Å². The molecule has 33 heavy (non-hydrogen) atoms. The van der Waals surface area contributed by atoms with Gasteiger partial charge in [0, 0.05) is 6.07 Å². The molecule has 1 N–H and O–H groups in total. The molecule has 4 rings (SSSR count). The van der Waals surface area contributed by atoms with E-state index in [1.165, 1.54) is 4.90 Å². The summed E-state index contributed by atoms with van der Waals surface area (Å²) in [6.07, 6.45) is 0. The van der Waals surface area contributed by atoms with E-state index in [9.17, 15) is 9.59 Å². The van der Waals surface area contributed by atoms with Gasteiger partial charge in [0.15, 0.2) is 0 Å². The minimum absolute atomic E-state index is 0.186. The second-order valence-corrected chi connectivity index (χ2v) is 8.00. The third kappa shape index (κ3) is 4.20. The number of nitrogens with zero attached hydrogens (tertiary/aromatic N) is 1. The summed E-state index contributed by atoms with van der Waals surface area (Å²) in [5.74, 6) is 0.655. The van der Waals surface area contributed by atoms with Crippen molar-refractivity contribution in [3.63, 3.8) is 0 Å². The summed E-state index contributed by atoms with van der Waals surface area (Å²) in [5.41, 5.74) is 3.33. The van der Waals surface area contributed by atoms with E-state index in [2.05, 4.69) is 19.2 Å². The number of ether oxygens (including phenoxy) is 2. The number of amides is 2. The van der Waals surface area contributed by atoms with Crippen LogP contribution in [0.15, 0.2) is 78.5 Å². The molecule has 0 fully saturated rings. The van der Waals surface area contributed by atoms with Crippen molar-refractivity contribution < 1.29 is 19.1 Å². The molecule has 0 saturated heterocycles.